The van der Waals surface area contributed by atoms with Crippen LogP contribution in [0.15, 0.2) is 60.0 Å². The molecule has 1 aromatic heterocycles. The Morgan fingerprint density at radius 1 is 0.969 bits per heavy atom. The van der Waals surface area contributed by atoms with Crippen LogP contribution >= 0.6 is 22.9 Å². The number of para-hydroxylation sites is 1. The zero-order valence-corrected chi connectivity index (χ0v) is 19.0. The van der Waals surface area contributed by atoms with Gasteiger partial charge in [0, 0.05) is 28.0 Å². The molecule has 1 aliphatic rings. The number of nitrogens with zero attached hydrogens (tertiary/aromatic N) is 1. The first-order valence-electron chi connectivity index (χ1n) is 10.6. The van der Waals surface area contributed by atoms with Crippen LogP contribution in [0.2, 0.25) is 5.02 Å². The summed E-state index contributed by atoms with van der Waals surface area (Å²) in [6.07, 6.45) is 3.64. The first-order chi connectivity index (χ1) is 15.6. The van der Waals surface area contributed by atoms with E-state index < -0.39 is 0 Å². The average Bonchev–Trinajstić information content (AvgIpc) is 3.29. The lowest BCUT2D eigenvalue weighted by atomic mass is 9.90. The molecule has 32 heavy (non-hydrogen) atoms. The van der Waals surface area contributed by atoms with Crippen LogP contribution in [0.5, 0.6) is 5.75 Å². The molecular weight excluding hydrogens is 446 g/mol. The largest absolute Gasteiger partial charge is 0.486 e. The molecule has 1 saturated carbocycles. The first kappa shape index (κ1) is 22.3. The number of ether oxygens (including phenoxy) is 1. The van der Waals surface area contributed by atoms with E-state index in [9.17, 15) is 9.59 Å². The molecule has 6 nitrogen and oxygen atoms in total. The zero-order chi connectivity index (χ0) is 22.3. The summed E-state index contributed by atoms with van der Waals surface area (Å²) in [6.45, 7) is 0.311. The molecule has 166 valence electrons. The van der Waals surface area contributed by atoms with Gasteiger partial charge in [0.15, 0.2) is 0 Å². The maximum Gasteiger partial charge on any atom is 0.271 e. The topological polar surface area (TPSA) is 80.3 Å². The maximum atomic E-state index is 12.8. The van der Waals surface area contributed by atoms with Gasteiger partial charge in [-0.25, -0.2) is 4.98 Å². The Hall–Kier alpha value is -2.90. The number of amides is 2. The van der Waals surface area contributed by atoms with Crippen LogP contribution in [-0.2, 0) is 6.61 Å². The van der Waals surface area contributed by atoms with Gasteiger partial charge in [-0.3, -0.25) is 9.59 Å². The molecule has 3 aromatic rings. The lowest BCUT2D eigenvalue weighted by molar-refractivity contribution is 0.0860. The molecule has 2 aromatic carbocycles. The molecule has 0 spiro atoms. The Labute approximate surface area is 196 Å². The molecule has 2 atom stereocenters. The standard InChI is InChI=1S/C24H24ClN3O3S/c25-17-12-10-16(11-13-17)23(29)27-19-8-4-5-9-20(19)28-24(30)21-15-32-22(26-21)14-31-18-6-2-1-3-7-18/h1-3,6-7,10-13,15,19-20H,4-5,8-9,14H2,(H,27,29)(H,28,30)/t19-,20+/m1/s1. The molecule has 4 rings (SSSR count). The highest BCUT2D eigenvalue weighted by Crippen LogP contribution is 2.21. The fourth-order valence-electron chi connectivity index (χ4n) is 3.71. The lowest BCUT2D eigenvalue weighted by Crippen LogP contribution is -2.53. The van der Waals surface area contributed by atoms with Crippen LogP contribution in [0.1, 0.15) is 51.5 Å². The molecule has 0 aliphatic heterocycles. The van der Waals surface area contributed by atoms with E-state index >= 15 is 0 Å². The number of nitrogens with one attached hydrogen (secondary N) is 2. The number of hydrogen-bond acceptors (Lipinski definition) is 5. The van der Waals surface area contributed by atoms with Crippen LogP contribution in [0, 0.1) is 0 Å². The number of benzene rings is 2. The second-order valence-electron chi connectivity index (χ2n) is 7.68. The number of aromatic nitrogens is 1. The third-order valence-corrected chi connectivity index (χ3v) is 6.47. The van der Waals surface area contributed by atoms with E-state index in [1.165, 1.54) is 11.3 Å². The van der Waals surface area contributed by atoms with Crippen molar-refractivity contribution in [1.82, 2.24) is 15.6 Å². The van der Waals surface area contributed by atoms with Crippen molar-refractivity contribution in [3.8, 4) is 5.75 Å². The van der Waals surface area contributed by atoms with Crippen molar-refractivity contribution in [2.75, 3.05) is 0 Å². The van der Waals surface area contributed by atoms with Crippen LogP contribution in [0.25, 0.3) is 0 Å². The van der Waals surface area contributed by atoms with E-state index in [4.69, 9.17) is 16.3 Å². The number of rotatable bonds is 7. The molecular formula is C24H24ClN3O3S. The van der Waals surface area contributed by atoms with Crippen molar-refractivity contribution in [1.29, 1.82) is 0 Å². The third kappa shape index (κ3) is 5.87. The third-order valence-electron chi connectivity index (χ3n) is 5.40. The Balaban J connectivity index is 1.34. The SMILES string of the molecule is O=C(N[C@@H]1CCCC[C@@H]1NC(=O)c1csc(COc2ccccc2)n1)c1ccc(Cl)cc1. The molecule has 0 bridgehead atoms. The predicted molar refractivity (Wildman–Crippen MR) is 125 cm³/mol. The molecule has 0 saturated heterocycles. The van der Waals surface area contributed by atoms with Gasteiger partial charge in [-0.2, -0.15) is 0 Å². The fourth-order valence-corrected chi connectivity index (χ4v) is 4.53. The van der Waals surface area contributed by atoms with E-state index in [0.717, 1.165) is 36.4 Å². The Morgan fingerprint density at radius 3 is 2.31 bits per heavy atom. The van der Waals surface area contributed by atoms with Crippen molar-refractivity contribution < 1.29 is 14.3 Å². The number of halogens is 1. The van der Waals surface area contributed by atoms with Crippen molar-refractivity contribution in [3.05, 3.63) is 81.3 Å². The van der Waals surface area contributed by atoms with Gasteiger partial charge in [-0.1, -0.05) is 42.6 Å². The van der Waals surface area contributed by atoms with Gasteiger partial charge in [0.25, 0.3) is 11.8 Å². The summed E-state index contributed by atoms with van der Waals surface area (Å²) in [4.78, 5) is 29.8. The fraction of sp³-hybridized carbons (Fsp3) is 0.292. The Kier molecular flexibility index (Phi) is 7.39. The molecule has 1 fully saturated rings. The zero-order valence-electron chi connectivity index (χ0n) is 17.4. The highest BCUT2D eigenvalue weighted by atomic mass is 35.5. The number of carbonyl (C=O) groups is 2. The maximum absolute atomic E-state index is 12.8. The molecule has 0 unspecified atom stereocenters. The van der Waals surface area contributed by atoms with E-state index in [1.54, 1.807) is 29.6 Å². The number of carbonyl (C=O) groups excluding carboxylic acids is 2. The quantitative estimate of drug-likeness (QED) is 0.518. The van der Waals surface area contributed by atoms with Gasteiger partial charge in [0.05, 0.1) is 0 Å². The van der Waals surface area contributed by atoms with Crippen molar-refractivity contribution in [2.24, 2.45) is 0 Å². The Morgan fingerprint density at radius 2 is 1.62 bits per heavy atom. The highest BCUT2D eigenvalue weighted by molar-refractivity contribution is 7.09. The lowest BCUT2D eigenvalue weighted by Gasteiger charge is -2.32. The highest BCUT2D eigenvalue weighted by Gasteiger charge is 2.29. The monoisotopic (exact) mass is 469 g/mol. The van der Waals surface area contributed by atoms with Crippen LogP contribution in [0.4, 0.5) is 0 Å². The summed E-state index contributed by atoms with van der Waals surface area (Å²) in [5.74, 6) is 0.363. The minimum atomic E-state index is -0.232. The van der Waals surface area contributed by atoms with Gasteiger partial charge in [-0.15, -0.1) is 11.3 Å². The summed E-state index contributed by atoms with van der Waals surface area (Å²) in [5.41, 5.74) is 0.919. The summed E-state index contributed by atoms with van der Waals surface area (Å²) in [6, 6.07) is 16.0. The molecule has 2 amide bonds. The van der Waals surface area contributed by atoms with Gasteiger partial charge in [0.2, 0.25) is 0 Å². The molecule has 1 aliphatic carbocycles. The van der Waals surface area contributed by atoms with Gasteiger partial charge < -0.3 is 15.4 Å². The van der Waals surface area contributed by atoms with Gasteiger partial charge in [0.1, 0.15) is 23.1 Å². The van der Waals surface area contributed by atoms with Crippen molar-refractivity contribution in [2.45, 2.75) is 44.4 Å². The summed E-state index contributed by atoms with van der Waals surface area (Å²) in [5, 5.41) is 9.19. The second-order valence-corrected chi connectivity index (χ2v) is 9.06. The average molecular weight is 470 g/mol. The summed E-state index contributed by atoms with van der Waals surface area (Å²) in [7, 11) is 0. The number of thiazole rings is 1. The number of hydrogen-bond donors (Lipinski definition) is 2. The molecule has 2 N–H and O–H groups in total. The molecule has 1 heterocycles. The Bertz CT molecular complexity index is 1060. The first-order valence-corrected chi connectivity index (χ1v) is 11.8. The van der Waals surface area contributed by atoms with Crippen LogP contribution in [0.3, 0.4) is 0 Å². The summed E-state index contributed by atoms with van der Waals surface area (Å²) >= 11 is 7.30. The van der Waals surface area contributed by atoms with Gasteiger partial charge in [-0.05, 0) is 49.2 Å². The summed E-state index contributed by atoms with van der Waals surface area (Å²) < 4.78 is 5.71. The van der Waals surface area contributed by atoms with E-state index in [0.29, 0.717) is 22.9 Å². The minimum Gasteiger partial charge on any atom is -0.486 e. The van der Waals surface area contributed by atoms with Crippen LogP contribution in [-0.4, -0.2) is 28.9 Å². The second kappa shape index (κ2) is 10.6. The van der Waals surface area contributed by atoms with Crippen molar-refractivity contribution >= 4 is 34.8 Å². The van der Waals surface area contributed by atoms with E-state index in [1.807, 2.05) is 30.3 Å². The molecule has 0 radical (unpaired) electrons. The predicted octanol–water partition coefficient (Wildman–Crippen LogP) is 4.85. The normalized spacial score (nSPS) is 18.0. The van der Waals surface area contributed by atoms with Crippen molar-refractivity contribution in [3.63, 3.8) is 0 Å². The van der Waals surface area contributed by atoms with Crippen LogP contribution < -0.4 is 15.4 Å². The van der Waals surface area contributed by atoms with E-state index in [-0.39, 0.29) is 23.9 Å². The smallest absolute Gasteiger partial charge is 0.271 e. The van der Waals surface area contributed by atoms with E-state index in [2.05, 4.69) is 15.6 Å². The van der Waals surface area contributed by atoms with Gasteiger partial charge >= 0.3 is 0 Å². The molecule has 8 heteroatoms. The minimum absolute atomic E-state index is 0.129.